The van der Waals surface area contributed by atoms with Crippen LogP contribution in [0.15, 0.2) is 11.3 Å². The minimum atomic E-state index is 0.898. The third-order valence-electron chi connectivity index (χ3n) is 2.14. The molecule has 0 spiro atoms. The molecule has 0 unspecified atom stereocenters. The molecule has 1 radical (unpaired) electrons. The largest absolute Gasteiger partial charge is 0.383 e. The van der Waals surface area contributed by atoms with Crippen LogP contribution in [0.1, 0.15) is 19.3 Å². The molecule has 0 atom stereocenters. The van der Waals surface area contributed by atoms with Gasteiger partial charge in [0.05, 0.1) is 12.1 Å². The van der Waals surface area contributed by atoms with Crippen LogP contribution in [-0.2, 0) is 0 Å². The van der Waals surface area contributed by atoms with Gasteiger partial charge >= 0.3 is 0 Å². The molecule has 0 fully saturated rings. The van der Waals surface area contributed by atoms with Crippen LogP contribution in [0.4, 0.5) is 0 Å². The highest BCUT2D eigenvalue weighted by atomic mass is 14.9. The molecule has 0 aromatic heterocycles. The van der Waals surface area contributed by atoms with Gasteiger partial charge in [0.2, 0.25) is 12.8 Å². The second-order valence-electron chi connectivity index (χ2n) is 2.84. The highest BCUT2D eigenvalue weighted by Crippen LogP contribution is 2.17. The van der Waals surface area contributed by atoms with Crippen molar-refractivity contribution in [3.05, 3.63) is 11.3 Å². The second-order valence-corrected chi connectivity index (χ2v) is 2.84. The number of hydrogen-bond donors (Lipinski definition) is 1. The minimum absolute atomic E-state index is 0.898. The van der Waals surface area contributed by atoms with Gasteiger partial charge in [0.15, 0.2) is 0 Å². The second kappa shape index (κ2) is 2.45. The summed E-state index contributed by atoms with van der Waals surface area (Å²) < 4.78 is 0. The van der Waals surface area contributed by atoms with Crippen molar-refractivity contribution in [3.8, 4) is 0 Å². The van der Waals surface area contributed by atoms with Crippen LogP contribution in [0.5, 0.6) is 0 Å². The predicted octanol–water partition coefficient (Wildman–Crippen LogP) is 0.434. The van der Waals surface area contributed by atoms with Crippen molar-refractivity contribution in [2.24, 2.45) is 0 Å². The third kappa shape index (κ3) is 0.939. The van der Waals surface area contributed by atoms with Crippen LogP contribution in [0.25, 0.3) is 0 Å². The maximum atomic E-state index is 4.22. The molecular formula is C8H12N2+. The van der Waals surface area contributed by atoms with Crippen molar-refractivity contribution in [1.29, 1.82) is 0 Å². The summed E-state index contributed by atoms with van der Waals surface area (Å²) in [5.41, 5.74) is 2.98. The smallest absolute Gasteiger partial charge is 0.249 e. The lowest BCUT2D eigenvalue weighted by Crippen LogP contribution is -2.28. The van der Waals surface area contributed by atoms with E-state index in [1.54, 1.807) is 5.57 Å². The molecule has 0 amide bonds. The molecule has 0 saturated carbocycles. The van der Waals surface area contributed by atoms with Gasteiger partial charge in [-0.1, -0.05) is 0 Å². The zero-order valence-electron chi connectivity index (χ0n) is 6.06. The van der Waals surface area contributed by atoms with E-state index in [9.17, 15) is 0 Å². The molecule has 0 aliphatic carbocycles. The van der Waals surface area contributed by atoms with Crippen molar-refractivity contribution >= 4 is 6.21 Å². The molecule has 53 valence electrons. The Morgan fingerprint density at radius 3 is 3.40 bits per heavy atom. The van der Waals surface area contributed by atoms with Crippen LogP contribution in [-0.4, -0.2) is 19.3 Å². The molecular weight excluding hydrogens is 124 g/mol. The number of rotatable bonds is 0. The molecule has 0 aromatic carbocycles. The van der Waals surface area contributed by atoms with E-state index >= 15 is 0 Å². The first-order chi connectivity index (χ1) is 4.97. The molecule has 0 aromatic rings. The van der Waals surface area contributed by atoms with E-state index < -0.39 is 0 Å². The van der Waals surface area contributed by atoms with Gasteiger partial charge in [-0.25, -0.2) is 0 Å². The van der Waals surface area contributed by atoms with Crippen molar-refractivity contribution in [2.75, 3.05) is 13.1 Å². The first-order valence-corrected chi connectivity index (χ1v) is 3.90. The van der Waals surface area contributed by atoms with E-state index in [0.29, 0.717) is 0 Å². The number of allylic oxidation sites excluding steroid dienone is 1. The first-order valence-electron chi connectivity index (χ1n) is 3.90. The first kappa shape index (κ1) is 5.96. The van der Waals surface area contributed by atoms with Gasteiger partial charge in [-0.15, -0.1) is 0 Å². The van der Waals surface area contributed by atoms with Crippen LogP contribution in [0.3, 0.4) is 0 Å². The normalized spacial score (nSPS) is 24.0. The quantitative estimate of drug-likeness (QED) is 0.513. The zero-order chi connectivity index (χ0) is 6.81. The standard InChI is InChI=1S/C8H12N2/c1-2-7-3-5-9-6-8(7)10-4-1/h5,10H,1-4,6H2/q+1. The lowest BCUT2D eigenvalue weighted by molar-refractivity contribution is 0.630. The molecule has 2 heteroatoms. The van der Waals surface area contributed by atoms with E-state index in [4.69, 9.17) is 0 Å². The number of hydrogen-bond acceptors (Lipinski definition) is 2. The fourth-order valence-electron chi connectivity index (χ4n) is 1.54. The molecule has 2 nitrogen and oxygen atoms in total. The summed E-state index contributed by atoms with van der Waals surface area (Å²) in [5.74, 6) is 0. The number of nitrogens with one attached hydrogen (secondary N) is 1. The Labute approximate surface area is 61.0 Å². The van der Waals surface area contributed by atoms with E-state index in [1.165, 1.54) is 18.5 Å². The van der Waals surface area contributed by atoms with Gasteiger partial charge in [-0.3, -0.25) is 0 Å². The lowest BCUT2D eigenvalue weighted by Gasteiger charge is -2.18. The van der Waals surface area contributed by atoms with E-state index in [-0.39, 0.29) is 0 Å². The van der Waals surface area contributed by atoms with Crippen molar-refractivity contribution in [1.82, 2.24) is 10.3 Å². The Morgan fingerprint density at radius 2 is 2.50 bits per heavy atom. The number of aliphatic imine (C=N–C) groups is 1. The summed E-state index contributed by atoms with van der Waals surface area (Å²) in [4.78, 5) is 4.22. The Balaban J connectivity index is 2.17. The van der Waals surface area contributed by atoms with Gasteiger partial charge in [-0.05, 0) is 18.4 Å². The highest BCUT2D eigenvalue weighted by molar-refractivity contribution is 5.62. The molecule has 1 N–H and O–H groups in total. The van der Waals surface area contributed by atoms with Crippen LogP contribution in [0.2, 0.25) is 0 Å². The summed E-state index contributed by atoms with van der Waals surface area (Å²) in [6.07, 6.45) is 5.70. The van der Waals surface area contributed by atoms with Gasteiger partial charge in [0.25, 0.3) is 0 Å². The third-order valence-corrected chi connectivity index (χ3v) is 2.14. The summed E-state index contributed by atoms with van der Waals surface area (Å²) in [7, 11) is 0. The minimum Gasteiger partial charge on any atom is -0.383 e. The van der Waals surface area contributed by atoms with Crippen LogP contribution < -0.4 is 10.3 Å². The van der Waals surface area contributed by atoms with E-state index in [0.717, 1.165) is 19.5 Å². The fraction of sp³-hybridized carbons (Fsp3) is 0.625. The molecule has 10 heavy (non-hydrogen) atoms. The van der Waals surface area contributed by atoms with Gasteiger partial charge in [0.1, 0.15) is 0 Å². The molecule has 0 saturated heterocycles. The molecule has 2 aliphatic heterocycles. The van der Waals surface area contributed by atoms with Crippen molar-refractivity contribution < 1.29 is 0 Å². The van der Waals surface area contributed by atoms with Gasteiger partial charge < -0.3 is 5.32 Å². The average Bonchev–Trinajstić information content (AvgIpc) is 2.05. The molecule has 0 bridgehead atoms. The summed E-state index contributed by atoms with van der Waals surface area (Å²) in [6.45, 7) is 2.05. The van der Waals surface area contributed by atoms with Crippen LogP contribution >= 0.6 is 0 Å². The maximum absolute atomic E-state index is 4.22. The summed E-state index contributed by atoms with van der Waals surface area (Å²) in [6, 6.07) is 0. The zero-order valence-corrected chi connectivity index (χ0v) is 6.06. The lowest BCUT2D eigenvalue weighted by atomic mass is 10.00. The average molecular weight is 136 g/mol. The molecule has 2 heterocycles. The van der Waals surface area contributed by atoms with Gasteiger partial charge in [-0.2, -0.15) is 0 Å². The van der Waals surface area contributed by atoms with Gasteiger partial charge in [0, 0.05) is 11.5 Å². The summed E-state index contributed by atoms with van der Waals surface area (Å²) >= 11 is 0. The Hall–Kier alpha value is -0.790. The predicted molar refractivity (Wildman–Crippen MR) is 41.9 cm³/mol. The number of dihydropyridines is 1. The Bertz CT molecular complexity index is 171. The van der Waals surface area contributed by atoms with E-state index in [1.807, 2.05) is 6.21 Å². The SMILES string of the molecule is C1=[N+]CC2=C(C1)CCCN2. The monoisotopic (exact) mass is 136 g/mol. The number of nitrogens with zero attached hydrogens (tertiary/aromatic N) is 1. The topological polar surface area (TPSA) is 26.1 Å². The molecule has 2 aliphatic rings. The molecule has 2 rings (SSSR count). The van der Waals surface area contributed by atoms with E-state index in [2.05, 4.69) is 10.3 Å². The maximum Gasteiger partial charge on any atom is 0.249 e. The Morgan fingerprint density at radius 1 is 1.50 bits per heavy atom. The fourth-order valence-corrected chi connectivity index (χ4v) is 1.54. The summed E-state index contributed by atoms with van der Waals surface area (Å²) in [5, 5.41) is 3.39. The van der Waals surface area contributed by atoms with Crippen molar-refractivity contribution in [2.45, 2.75) is 19.3 Å². The van der Waals surface area contributed by atoms with Crippen molar-refractivity contribution in [3.63, 3.8) is 0 Å². The van der Waals surface area contributed by atoms with Crippen LogP contribution in [0, 0.1) is 0 Å². The highest BCUT2D eigenvalue weighted by Gasteiger charge is 2.18. The Kier molecular flexibility index (Phi) is 1.46.